The number of benzene rings is 2. The Balaban J connectivity index is 2.21. The molecule has 1 unspecified atom stereocenters. The number of esters is 1. The summed E-state index contributed by atoms with van der Waals surface area (Å²) in [5, 5.41) is 3.84. The third-order valence-electron chi connectivity index (χ3n) is 6.53. The van der Waals surface area contributed by atoms with E-state index in [-0.39, 0.29) is 24.1 Å². The van der Waals surface area contributed by atoms with Gasteiger partial charge in [0.05, 0.1) is 0 Å². The summed E-state index contributed by atoms with van der Waals surface area (Å²) in [6, 6.07) is 13.4. The molecule has 0 heterocycles. The van der Waals surface area contributed by atoms with E-state index in [0.717, 1.165) is 47.5 Å². The zero-order valence-electron chi connectivity index (χ0n) is 20.0. The summed E-state index contributed by atoms with van der Waals surface area (Å²) in [5.41, 5.74) is 3.53. The minimum atomic E-state index is -2.27. The first kappa shape index (κ1) is 26.4. The number of hydrogen-bond acceptors (Lipinski definition) is 3. The number of anilines is 1. The second-order valence-corrected chi connectivity index (χ2v) is 14.3. The van der Waals surface area contributed by atoms with Crippen LogP contribution in [0, 0.1) is 13.8 Å². The molecular formula is C26H37ClNO3P. The van der Waals surface area contributed by atoms with Gasteiger partial charge in [-0.1, -0.05) is 0 Å². The Morgan fingerprint density at radius 1 is 1.03 bits per heavy atom. The molecule has 6 heteroatoms. The number of hydrogen-bond donors (Lipinski definition) is 1. The van der Waals surface area contributed by atoms with Crippen LogP contribution in [0.25, 0.3) is 0 Å². The number of nitrogens with one attached hydrogen (secondary N) is 1. The summed E-state index contributed by atoms with van der Waals surface area (Å²) in [7, 11) is -2.27. The Hall–Kier alpha value is -1.90. The Kier molecular flexibility index (Phi) is 10.2. The van der Waals surface area contributed by atoms with Crippen LogP contribution in [0.1, 0.15) is 50.3 Å². The van der Waals surface area contributed by atoms with Crippen LogP contribution in [0.3, 0.4) is 0 Å². The summed E-state index contributed by atoms with van der Waals surface area (Å²) in [5.74, 6) is -0.177. The van der Waals surface area contributed by atoms with Crippen molar-refractivity contribution in [2.24, 2.45) is 0 Å². The number of halogens is 1. The molecule has 1 N–H and O–H groups in total. The Morgan fingerprint density at radius 2 is 1.62 bits per heavy atom. The van der Waals surface area contributed by atoms with Crippen LogP contribution >= 0.6 is 18.9 Å². The Labute approximate surface area is 198 Å². The standard InChI is InChI=1S/C26H37ClNO3P/c1-6-12-23(26(30)28-25-19(4)15-22(27)16-20(25)5)32(7-2,8-3)18-24(29)31-17-21-13-10-9-11-14-21/h9-11,13-16,23,32H,6-8,12,17-18H2,1-5H3,(H,28,30). The summed E-state index contributed by atoms with van der Waals surface area (Å²) in [6.07, 6.45) is 3.76. The minimum absolute atomic E-state index is 0.0200. The van der Waals surface area contributed by atoms with Gasteiger partial charge < -0.3 is 0 Å². The van der Waals surface area contributed by atoms with Gasteiger partial charge in [-0.25, -0.2) is 0 Å². The van der Waals surface area contributed by atoms with Crippen molar-refractivity contribution in [1.29, 1.82) is 0 Å². The van der Waals surface area contributed by atoms with Gasteiger partial charge >= 0.3 is 198 Å². The molecule has 0 radical (unpaired) electrons. The molecule has 0 spiro atoms. The SMILES string of the molecule is CCCC(C(=O)Nc1c(C)cc(Cl)cc1C)[PH](CC)(CC)CC(=O)OCc1ccccc1. The molecule has 0 aliphatic heterocycles. The summed E-state index contributed by atoms with van der Waals surface area (Å²) >= 11 is 6.16. The van der Waals surface area contributed by atoms with E-state index in [1.54, 1.807) is 0 Å². The first-order valence-corrected chi connectivity index (χ1v) is 14.6. The Bertz CT molecular complexity index is 890. The molecule has 176 valence electrons. The number of aryl methyl sites for hydroxylation is 2. The predicted molar refractivity (Wildman–Crippen MR) is 139 cm³/mol. The van der Waals surface area contributed by atoms with Crippen LogP contribution in [0.15, 0.2) is 42.5 Å². The fraction of sp³-hybridized carbons (Fsp3) is 0.462. The van der Waals surface area contributed by atoms with Gasteiger partial charge in [0.25, 0.3) is 0 Å². The van der Waals surface area contributed by atoms with Crippen LogP contribution < -0.4 is 5.32 Å². The maximum absolute atomic E-state index is 13.6. The van der Waals surface area contributed by atoms with Crippen LogP contribution in [0.4, 0.5) is 5.69 Å². The van der Waals surface area contributed by atoms with Crippen molar-refractivity contribution >= 4 is 36.4 Å². The molecule has 0 aliphatic carbocycles. The molecule has 0 saturated carbocycles. The van der Waals surface area contributed by atoms with Gasteiger partial charge in [-0.15, -0.1) is 0 Å². The summed E-state index contributed by atoms with van der Waals surface area (Å²) < 4.78 is 5.61. The fourth-order valence-corrected chi connectivity index (χ4v) is 9.28. The van der Waals surface area contributed by atoms with Crippen molar-refractivity contribution in [2.45, 2.75) is 59.7 Å². The van der Waals surface area contributed by atoms with E-state index in [2.05, 4.69) is 26.1 Å². The van der Waals surface area contributed by atoms with E-state index in [9.17, 15) is 9.59 Å². The molecule has 1 amide bonds. The summed E-state index contributed by atoms with van der Waals surface area (Å²) in [4.78, 5) is 26.4. The molecule has 0 aromatic heterocycles. The molecule has 2 aromatic rings. The monoisotopic (exact) mass is 477 g/mol. The maximum atomic E-state index is 13.6. The van der Waals surface area contributed by atoms with Crippen LogP contribution in [-0.2, 0) is 20.9 Å². The number of amides is 1. The Morgan fingerprint density at radius 3 is 2.16 bits per heavy atom. The number of ether oxygens (including phenoxy) is 1. The van der Waals surface area contributed by atoms with Gasteiger partial charge in [-0.05, 0) is 0 Å². The third-order valence-corrected chi connectivity index (χ3v) is 12.6. The average molecular weight is 478 g/mol. The number of rotatable bonds is 11. The molecule has 0 fully saturated rings. The van der Waals surface area contributed by atoms with Crippen LogP contribution in [-0.4, -0.2) is 36.0 Å². The zero-order valence-corrected chi connectivity index (χ0v) is 21.7. The topological polar surface area (TPSA) is 55.4 Å². The quantitative estimate of drug-likeness (QED) is 0.293. The van der Waals surface area contributed by atoms with Gasteiger partial charge in [0.15, 0.2) is 0 Å². The first-order valence-electron chi connectivity index (χ1n) is 11.5. The van der Waals surface area contributed by atoms with E-state index in [1.165, 1.54) is 0 Å². The van der Waals surface area contributed by atoms with Crippen molar-refractivity contribution in [2.75, 3.05) is 23.8 Å². The van der Waals surface area contributed by atoms with E-state index in [0.29, 0.717) is 11.2 Å². The molecule has 0 bridgehead atoms. The molecule has 1 atom stereocenters. The molecule has 2 rings (SSSR count). The van der Waals surface area contributed by atoms with Gasteiger partial charge in [0.2, 0.25) is 0 Å². The van der Waals surface area contributed by atoms with Crippen molar-refractivity contribution in [3.05, 3.63) is 64.2 Å². The molecule has 0 saturated heterocycles. The van der Waals surface area contributed by atoms with Crippen molar-refractivity contribution in [3.63, 3.8) is 0 Å². The van der Waals surface area contributed by atoms with E-state index in [4.69, 9.17) is 16.3 Å². The summed E-state index contributed by atoms with van der Waals surface area (Å²) in [6.45, 7) is 10.5. The number of carbonyl (C=O) groups is 2. The average Bonchev–Trinajstić information content (AvgIpc) is 2.77. The number of carbonyl (C=O) groups excluding carboxylic acids is 2. The van der Waals surface area contributed by atoms with Crippen molar-refractivity contribution in [1.82, 2.24) is 0 Å². The van der Waals surface area contributed by atoms with E-state index in [1.807, 2.05) is 56.3 Å². The van der Waals surface area contributed by atoms with E-state index < -0.39 is 7.26 Å². The molecule has 32 heavy (non-hydrogen) atoms. The van der Waals surface area contributed by atoms with E-state index >= 15 is 0 Å². The first-order chi connectivity index (χ1) is 15.3. The fourth-order valence-electron chi connectivity index (χ4n) is 4.51. The van der Waals surface area contributed by atoms with Gasteiger partial charge in [0, 0.05) is 0 Å². The van der Waals surface area contributed by atoms with Gasteiger partial charge in [-0.2, -0.15) is 0 Å². The molecule has 4 nitrogen and oxygen atoms in total. The second-order valence-electron chi connectivity index (χ2n) is 8.64. The van der Waals surface area contributed by atoms with Gasteiger partial charge in [0.1, 0.15) is 0 Å². The van der Waals surface area contributed by atoms with Crippen molar-refractivity contribution in [3.8, 4) is 0 Å². The van der Waals surface area contributed by atoms with Crippen LogP contribution in [0.2, 0.25) is 5.02 Å². The third kappa shape index (κ3) is 6.80. The van der Waals surface area contributed by atoms with Crippen molar-refractivity contribution < 1.29 is 14.3 Å². The molecule has 0 aliphatic rings. The molecule has 2 aromatic carbocycles. The van der Waals surface area contributed by atoms with Crippen LogP contribution in [0.5, 0.6) is 0 Å². The second kappa shape index (κ2) is 12.4. The molecular weight excluding hydrogens is 441 g/mol. The normalized spacial score (nSPS) is 12.8. The predicted octanol–water partition coefficient (Wildman–Crippen LogP) is 6.60. The zero-order chi connectivity index (χ0) is 23.7. The van der Waals surface area contributed by atoms with Gasteiger partial charge in [-0.3, -0.25) is 0 Å².